The SMILES string of the molecule is COc1cc2nccc(Oc3ccc4ccccc4c3C(=O)NCc3ncccc3C(N)=O)c2cc1OC. The van der Waals surface area contributed by atoms with Crippen LogP contribution in [-0.2, 0) is 6.54 Å². The molecule has 0 saturated carbocycles. The van der Waals surface area contributed by atoms with Crippen LogP contribution < -0.4 is 25.3 Å². The Hall–Kier alpha value is -5.18. The Balaban J connectivity index is 1.56. The van der Waals surface area contributed by atoms with Gasteiger partial charge in [0.15, 0.2) is 11.5 Å². The van der Waals surface area contributed by atoms with Crippen molar-refractivity contribution >= 4 is 33.5 Å². The van der Waals surface area contributed by atoms with Gasteiger partial charge in [0.05, 0.1) is 43.1 Å². The maximum Gasteiger partial charge on any atom is 0.256 e. The molecule has 0 fully saturated rings. The van der Waals surface area contributed by atoms with E-state index in [1.807, 2.05) is 30.3 Å². The number of ether oxygens (including phenoxy) is 3. The average molecular weight is 509 g/mol. The van der Waals surface area contributed by atoms with Gasteiger partial charge in [0.2, 0.25) is 0 Å². The summed E-state index contributed by atoms with van der Waals surface area (Å²) in [5.74, 6) is 0.888. The van der Waals surface area contributed by atoms with Crippen LogP contribution in [0.1, 0.15) is 26.4 Å². The van der Waals surface area contributed by atoms with E-state index in [0.717, 1.165) is 5.39 Å². The molecule has 2 aromatic heterocycles. The van der Waals surface area contributed by atoms with Crippen molar-refractivity contribution in [2.75, 3.05) is 14.2 Å². The number of primary amides is 1. The van der Waals surface area contributed by atoms with Gasteiger partial charge in [-0.1, -0.05) is 30.3 Å². The molecule has 0 aliphatic carbocycles. The van der Waals surface area contributed by atoms with Crippen molar-refractivity contribution in [3.8, 4) is 23.0 Å². The lowest BCUT2D eigenvalue weighted by Gasteiger charge is -2.16. The summed E-state index contributed by atoms with van der Waals surface area (Å²) in [5.41, 5.74) is 7.06. The summed E-state index contributed by atoms with van der Waals surface area (Å²) in [6.07, 6.45) is 3.16. The summed E-state index contributed by atoms with van der Waals surface area (Å²) in [7, 11) is 3.11. The lowest BCUT2D eigenvalue weighted by atomic mass is 10.0. The van der Waals surface area contributed by atoms with E-state index in [-0.39, 0.29) is 12.1 Å². The second-order valence-corrected chi connectivity index (χ2v) is 8.34. The molecule has 38 heavy (non-hydrogen) atoms. The van der Waals surface area contributed by atoms with Crippen LogP contribution in [0.15, 0.2) is 79.1 Å². The highest BCUT2D eigenvalue weighted by molar-refractivity contribution is 6.09. The van der Waals surface area contributed by atoms with Crippen molar-refractivity contribution in [2.24, 2.45) is 5.73 Å². The quantitative estimate of drug-likeness (QED) is 0.313. The third kappa shape index (κ3) is 4.64. The molecule has 190 valence electrons. The molecule has 9 nitrogen and oxygen atoms in total. The number of methoxy groups -OCH3 is 2. The average Bonchev–Trinajstić information content (AvgIpc) is 2.95. The zero-order valence-corrected chi connectivity index (χ0v) is 20.7. The summed E-state index contributed by atoms with van der Waals surface area (Å²) in [4.78, 5) is 34.0. The highest BCUT2D eigenvalue weighted by Crippen LogP contribution is 2.38. The number of hydrogen-bond donors (Lipinski definition) is 2. The first kappa shape index (κ1) is 24.5. The topological polar surface area (TPSA) is 126 Å². The van der Waals surface area contributed by atoms with Gasteiger partial charge in [-0.3, -0.25) is 19.6 Å². The van der Waals surface area contributed by atoms with Gasteiger partial charge in [0.1, 0.15) is 11.5 Å². The van der Waals surface area contributed by atoms with Crippen molar-refractivity contribution in [1.82, 2.24) is 15.3 Å². The van der Waals surface area contributed by atoms with Crippen LogP contribution >= 0.6 is 0 Å². The van der Waals surface area contributed by atoms with Gasteiger partial charge in [-0.05, 0) is 41.1 Å². The minimum Gasteiger partial charge on any atom is -0.493 e. The van der Waals surface area contributed by atoms with E-state index in [0.29, 0.717) is 50.5 Å². The van der Waals surface area contributed by atoms with Gasteiger partial charge in [0, 0.05) is 23.8 Å². The Morgan fingerprint density at radius 2 is 1.61 bits per heavy atom. The molecule has 5 rings (SSSR count). The fourth-order valence-corrected chi connectivity index (χ4v) is 4.28. The third-order valence-corrected chi connectivity index (χ3v) is 6.12. The molecule has 0 radical (unpaired) electrons. The molecular weight excluding hydrogens is 484 g/mol. The highest BCUT2D eigenvalue weighted by Gasteiger charge is 2.20. The van der Waals surface area contributed by atoms with Gasteiger partial charge in [-0.2, -0.15) is 0 Å². The Labute approximate surface area is 218 Å². The highest BCUT2D eigenvalue weighted by atomic mass is 16.5. The van der Waals surface area contributed by atoms with Crippen LogP contribution in [0.3, 0.4) is 0 Å². The van der Waals surface area contributed by atoms with E-state index in [1.165, 1.54) is 6.20 Å². The first-order valence-corrected chi connectivity index (χ1v) is 11.7. The molecule has 0 aliphatic rings. The second-order valence-electron chi connectivity index (χ2n) is 8.34. The van der Waals surface area contributed by atoms with Crippen LogP contribution in [0.2, 0.25) is 0 Å². The van der Waals surface area contributed by atoms with Gasteiger partial charge < -0.3 is 25.3 Å². The minimum atomic E-state index is -0.617. The Morgan fingerprint density at radius 1 is 0.816 bits per heavy atom. The predicted octanol–water partition coefficient (Wildman–Crippen LogP) is 4.62. The van der Waals surface area contributed by atoms with E-state index in [4.69, 9.17) is 19.9 Å². The first-order chi connectivity index (χ1) is 18.5. The van der Waals surface area contributed by atoms with Crippen LogP contribution in [0.4, 0.5) is 0 Å². The monoisotopic (exact) mass is 508 g/mol. The number of hydrogen-bond acceptors (Lipinski definition) is 7. The van der Waals surface area contributed by atoms with Crippen LogP contribution in [0, 0.1) is 0 Å². The van der Waals surface area contributed by atoms with Crippen molar-refractivity contribution in [1.29, 1.82) is 0 Å². The summed E-state index contributed by atoms with van der Waals surface area (Å²) < 4.78 is 17.2. The lowest BCUT2D eigenvalue weighted by Crippen LogP contribution is -2.26. The van der Waals surface area contributed by atoms with Gasteiger partial charge >= 0.3 is 0 Å². The number of carbonyl (C=O) groups excluding carboxylic acids is 2. The van der Waals surface area contributed by atoms with Crippen molar-refractivity contribution in [3.63, 3.8) is 0 Å². The van der Waals surface area contributed by atoms with E-state index < -0.39 is 11.8 Å². The van der Waals surface area contributed by atoms with E-state index >= 15 is 0 Å². The first-order valence-electron chi connectivity index (χ1n) is 11.7. The van der Waals surface area contributed by atoms with Crippen LogP contribution in [0.25, 0.3) is 21.7 Å². The summed E-state index contributed by atoms with van der Waals surface area (Å²) >= 11 is 0. The lowest BCUT2D eigenvalue weighted by molar-refractivity contribution is 0.0945. The van der Waals surface area contributed by atoms with Crippen molar-refractivity contribution in [3.05, 3.63) is 95.9 Å². The Morgan fingerprint density at radius 3 is 2.39 bits per heavy atom. The second kappa shape index (κ2) is 10.4. The molecule has 0 bridgehead atoms. The summed E-state index contributed by atoms with van der Waals surface area (Å²) in [6.45, 7) is 0.00971. The number of nitrogens with one attached hydrogen (secondary N) is 1. The van der Waals surface area contributed by atoms with E-state index in [2.05, 4.69) is 15.3 Å². The molecule has 0 spiro atoms. The number of rotatable bonds is 8. The van der Waals surface area contributed by atoms with Crippen molar-refractivity contribution in [2.45, 2.75) is 6.54 Å². The zero-order chi connectivity index (χ0) is 26.6. The van der Waals surface area contributed by atoms with Crippen molar-refractivity contribution < 1.29 is 23.8 Å². The van der Waals surface area contributed by atoms with Crippen LogP contribution in [-0.4, -0.2) is 36.0 Å². The summed E-state index contributed by atoms with van der Waals surface area (Å²) in [6, 6.07) is 19.6. The zero-order valence-electron chi connectivity index (χ0n) is 20.7. The Bertz CT molecular complexity index is 1690. The number of benzene rings is 3. The minimum absolute atomic E-state index is 0.00971. The molecule has 0 atom stereocenters. The number of fused-ring (bicyclic) bond motifs is 2. The molecule has 5 aromatic rings. The fourth-order valence-electron chi connectivity index (χ4n) is 4.28. The maximum absolute atomic E-state index is 13.6. The van der Waals surface area contributed by atoms with E-state index in [1.54, 1.807) is 56.8 Å². The smallest absolute Gasteiger partial charge is 0.256 e. The largest absolute Gasteiger partial charge is 0.493 e. The number of carbonyl (C=O) groups is 2. The number of amides is 2. The number of pyridine rings is 2. The third-order valence-electron chi connectivity index (χ3n) is 6.12. The maximum atomic E-state index is 13.6. The van der Waals surface area contributed by atoms with Gasteiger partial charge in [-0.15, -0.1) is 0 Å². The number of nitrogens with two attached hydrogens (primary N) is 1. The normalized spacial score (nSPS) is 10.8. The molecule has 2 heterocycles. The number of nitrogens with zero attached hydrogens (tertiary/aromatic N) is 2. The molecule has 3 aromatic carbocycles. The van der Waals surface area contributed by atoms with E-state index in [9.17, 15) is 9.59 Å². The Kier molecular flexibility index (Phi) is 6.73. The van der Waals surface area contributed by atoms with Crippen LogP contribution in [0.5, 0.6) is 23.0 Å². The van der Waals surface area contributed by atoms with Gasteiger partial charge in [-0.25, -0.2) is 0 Å². The standard InChI is InChI=1S/C29H24N4O5/c1-36-25-14-20-21(15-26(25)37-2)32-13-11-23(20)38-24-10-9-17-6-3-4-7-18(17)27(24)29(35)33-16-22-19(28(30)34)8-5-12-31-22/h3-15H,16H2,1-2H3,(H2,30,34)(H,33,35). The molecule has 9 heteroatoms. The molecular formula is C29H24N4O5. The fraction of sp³-hybridized carbons (Fsp3) is 0.103. The predicted molar refractivity (Wildman–Crippen MR) is 143 cm³/mol. The number of aromatic nitrogens is 2. The molecule has 3 N–H and O–H groups in total. The van der Waals surface area contributed by atoms with Gasteiger partial charge in [0.25, 0.3) is 11.8 Å². The molecule has 2 amide bonds. The molecule has 0 saturated heterocycles. The molecule has 0 aliphatic heterocycles. The summed E-state index contributed by atoms with van der Waals surface area (Å²) in [5, 5.41) is 5.12. The molecule has 0 unspecified atom stereocenters.